The highest BCUT2D eigenvalue weighted by atomic mass is 35.5. The van der Waals surface area contributed by atoms with Crippen LogP contribution in [0.25, 0.3) is 6.08 Å². The lowest BCUT2D eigenvalue weighted by Crippen LogP contribution is -2.16. The molecule has 126 valence electrons. The van der Waals surface area contributed by atoms with Gasteiger partial charge < -0.3 is 10.1 Å². The van der Waals surface area contributed by atoms with E-state index < -0.39 is 17.7 Å². The lowest BCUT2D eigenvalue weighted by atomic mass is 10.1. The third kappa shape index (κ3) is 4.22. The van der Waals surface area contributed by atoms with Crippen LogP contribution in [0.1, 0.15) is 15.9 Å². The number of benzene rings is 2. The second-order valence-electron chi connectivity index (χ2n) is 4.80. The Hall–Kier alpha value is -3.17. The largest absolute Gasteiger partial charge is 0.465 e. The molecule has 0 bridgehead atoms. The fourth-order valence-electron chi connectivity index (χ4n) is 2.01. The zero-order chi connectivity index (χ0) is 18.4. The Bertz CT molecular complexity index is 883. The average molecular weight is 359 g/mol. The van der Waals surface area contributed by atoms with E-state index in [1.807, 2.05) is 0 Å². The molecular formula is C18H12ClFN2O3. The number of nitrogens with zero attached hydrogens (tertiary/aromatic N) is 1. The van der Waals surface area contributed by atoms with E-state index in [-0.39, 0.29) is 27.4 Å². The van der Waals surface area contributed by atoms with Gasteiger partial charge in [-0.05, 0) is 30.3 Å². The number of anilines is 1. The van der Waals surface area contributed by atoms with E-state index >= 15 is 0 Å². The molecule has 7 heteroatoms. The molecule has 2 rings (SSSR count). The fourth-order valence-corrected chi connectivity index (χ4v) is 2.23. The third-order valence-electron chi connectivity index (χ3n) is 3.23. The second-order valence-corrected chi connectivity index (χ2v) is 5.20. The van der Waals surface area contributed by atoms with Gasteiger partial charge >= 0.3 is 5.97 Å². The molecule has 0 unspecified atom stereocenters. The predicted octanol–water partition coefficient (Wildman–Crippen LogP) is 3.81. The van der Waals surface area contributed by atoms with Crippen molar-refractivity contribution >= 4 is 35.2 Å². The quantitative estimate of drug-likeness (QED) is 0.512. The van der Waals surface area contributed by atoms with E-state index in [1.54, 1.807) is 18.2 Å². The zero-order valence-electron chi connectivity index (χ0n) is 13.0. The van der Waals surface area contributed by atoms with Crippen molar-refractivity contribution in [2.24, 2.45) is 0 Å². The number of nitriles is 1. The van der Waals surface area contributed by atoms with Crippen molar-refractivity contribution in [3.63, 3.8) is 0 Å². The minimum atomic E-state index is -0.807. The molecule has 1 N–H and O–H groups in total. The molecule has 0 aliphatic carbocycles. The fraction of sp³-hybridized carbons (Fsp3) is 0.0556. The highest BCUT2D eigenvalue weighted by Crippen LogP contribution is 2.23. The Morgan fingerprint density at radius 1 is 1.24 bits per heavy atom. The number of carbonyl (C=O) groups is 2. The van der Waals surface area contributed by atoms with Gasteiger partial charge in [-0.2, -0.15) is 5.26 Å². The highest BCUT2D eigenvalue weighted by Gasteiger charge is 2.17. The van der Waals surface area contributed by atoms with Crippen molar-refractivity contribution in [1.29, 1.82) is 5.26 Å². The predicted molar refractivity (Wildman–Crippen MR) is 91.4 cm³/mol. The molecule has 0 atom stereocenters. The Balaban J connectivity index is 2.36. The number of nitrogens with one attached hydrogen (secondary N) is 1. The second kappa shape index (κ2) is 8.08. The van der Waals surface area contributed by atoms with Gasteiger partial charge in [0.1, 0.15) is 17.5 Å². The normalized spacial score (nSPS) is 10.7. The Labute approximate surface area is 148 Å². The first-order chi connectivity index (χ1) is 12.0. The summed E-state index contributed by atoms with van der Waals surface area (Å²) >= 11 is 5.89. The van der Waals surface area contributed by atoms with Gasteiger partial charge in [-0.1, -0.05) is 29.8 Å². The molecule has 0 heterocycles. The molecule has 0 aromatic heterocycles. The standard InChI is InChI=1S/C18H12ClFN2O3/c1-25-18(24)12-5-2-3-8-16(12)22-17(23)11(10-21)9-13-14(19)6-4-7-15(13)20/h2-9H,1H3,(H,22,23)/b11-9-. The van der Waals surface area contributed by atoms with Crippen LogP contribution in [0, 0.1) is 17.1 Å². The molecule has 0 saturated heterocycles. The number of para-hydroxylation sites is 1. The lowest BCUT2D eigenvalue weighted by Gasteiger charge is -2.09. The van der Waals surface area contributed by atoms with Gasteiger partial charge in [0.05, 0.1) is 23.4 Å². The maximum absolute atomic E-state index is 13.8. The molecule has 0 saturated carbocycles. The van der Waals surface area contributed by atoms with Gasteiger partial charge in [0, 0.05) is 5.56 Å². The average Bonchev–Trinajstić information content (AvgIpc) is 2.61. The number of hydrogen-bond acceptors (Lipinski definition) is 4. The summed E-state index contributed by atoms with van der Waals surface area (Å²) in [5.74, 6) is -2.11. The summed E-state index contributed by atoms with van der Waals surface area (Å²) in [6.07, 6.45) is 1.05. The van der Waals surface area contributed by atoms with Gasteiger partial charge in [-0.15, -0.1) is 0 Å². The van der Waals surface area contributed by atoms with E-state index in [2.05, 4.69) is 10.1 Å². The van der Waals surface area contributed by atoms with Gasteiger partial charge in [-0.25, -0.2) is 9.18 Å². The van der Waals surface area contributed by atoms with Gasteiger partial charge in [0.25, 0.3) is 5.91 Å². The van der Waals surface area contributed by atoms with Crippen LogP contribution >= 0.6 is 11.6 Å². The molecule has 0 spiro atoms. The minimum absolute atomic E-state index is 0.0653. The number of halogens is 2. The summed E-state index contributed by atoms with van der Waals surface area (Å²) in [7, 11) is 1.21. The Kier molecular flexibility index (Phi) is 5.88. The number of rotatable bonds is 4. The number of amides is 1. The highest BCUT2D eigenvalue weighted by molar-refractivity contribution is 6.32. The SMILES string of the molecule is COC(=O)c1ccccc1NC(=O)/C(C#N)=C\c1c(F)cccc1Cl. The Morgan fingerprint density at radius 3 is 2.60 bits per heavy atom. The van der Waals surface area contributed by atoms with Crippen LogP contribution in [0.4, 0.5) is 10.1 Å². The topological polar surface area (TPSA) is 79.2 Å². The molecular weight excluding hydrogens is 347 g/mol. The maximum Gasteiger partial charge on any atom is 0.339 e. The van der Waals surface area contributed by atoms with Crippen LogP contribution in [-0.4, -0.2) is 19.0 Å². The van der Waals surface area contributed by atoms with Crippen molar-refractivity contribution in [3.05, 3.63) is 70.0 Å². The third-order valence-corrected chi connectivity index (χ3v) is 3.56. The Morgan fingerprint density at radius 2 is 1.96 bits per heavy atom. The maximum atomic E-state index is 13.8. The summed E-state index contributed by atoms with van der Waals surface area (Å²) in [6.45, 7) is 0. The number of methoxy groups -OCH3 is 1. The van der Waals surface area contributed by atoms with E-state index in [1.165, 1.54) is 31.4 Å². The van der Waals surface area contributed by atoms with Crippen LogP contribution in [-0.2, 0) is 9.53 Å². The molecule has 25 heavy (non-hydrogen) atoms. The van der Waals surface area contributed by atoms with Crippen molar-refractivity contribution < 1.29 is 18.7 Å². The number of esters is 1. The van der Waals surface area contributed by atoms with Crippen molar-refractivity contribution in [1.82, 2.24) is 0 Å². The lowest BCUT2D eigenvalue weighted by molar-refractivity contribution is -0.112. The van der Waals surface area contributed by atoms with Gasteiger partial charge in [0.15, 0.2) is 0 Å². The van der Waals surface area contributed by atoms with E-state index in [9.17, 15) is 19.2 Å². The van der Waals surface area contributed by atoms with Crippen molar-refractivity contribution in [2.45, 2.75) is 0 Å². The minimum Gasteiger partial charge on any atom is -0.465 e. The molecule has 5 nitrogen and oxygen atoms in total. The summed E-state index contributed by atoms with van der Waals surface area (Å²) in [5, 5.41) is 11.7. The number of hydrogen-bond donors (Lipinski definition) is 1. The van der Waals surface area contributed by atoms with Crippen LogP contribution in [0.5, 0.6) is 0 Å². The molecule has 0 aliphatic rings. The first-order valence-electron chi connectivity index (χ1n) is 7.02. The van der Waals surface area contributed by atoms with E-state index in [0.29, 0.717) is 0 Å². The molecule has 1 amide bonds. The van der Waals surface area contributed by atoms with Crippen LogP contribution in [0.15, 0.2) is 48.0 Å². The van der Waals surface area contributed by atoms with Crippen LogP contribution < -0.4 is 5.32 Å². The van der Waals surface area contributed by atoms with Crippen LogP contribution in [0.2, 0.25) is 5.02 Å². The van der Waals surface area contributed by atoms with Crippen LogP contribution in [0.3, 0.4) is 0 Å². The summed E-state index contributed by atoms with van der Waals surface area (Å²) in [5.41, 5.74) is -0.150. The zero-order valence-corrected chi connectivity index (χ0v) is 13.8. The molecule has 0 fully saturated rings. The summed E-state index contributed by atoms with van der Waals surface area (Å²) in [4.78, 5) is 24.0. The van der Waals surface area contributed by atoms with Gasteiger partial charge in [-0.3, -0.25) is 4.79 Å². The number of carbonyl (C=O) groups excluding carboxylic acids is 2. The van der Waals surface area contributed by atoms with E-state index in [0.717, 1.165) is 12.1 Å². The van der Waals surface area contributed by atoms with Crippen molar-refractivity contribution in [2.75, 3.05) is 12.4 Å². The number of ether oxygens (including phenoxy) is 1. The smallest absolute Gasteiger partial charge is 0.339 e. The van der Waals surface area contributed by atoms with Gasteiger partial charge in [0.2, 0.25) is 0 Å². The van der Waals surface area contributed by atoms with Crippen molar-refractivity contribution in [3.8, 4) is 6.07 Å². The summed E-state index contributed by atoms with van der Waals surface area (Å²) < 4.78 is 18.5. The first kappa shape index (κ1) is 18.2. The molecule has 0 aliphatic heterocycles. The molecule has 0 radical (unpaired) electrons. The molecule has 2 aromatic carbocycles. The summed E-state index contributed by atoms with van der Waals surface area (Å²) in [6, 6.07) is 11.9. The van der Waals surface area contributed by atoms with E-state index in [4.69, 9.17) is 11.6 Å². The first-order valence-corrected chi connectivity index (χ1v) is 7.40. The monoisotopic (exact) mass is 358 g/mol. The molecule has 2 aromatic rings.